The Morgan fingerprint density at radius 3 is 2.92 bits per heavy atom. The molecule has 3 heterocycles. The molecule has 1 saturated heterocycles. The molecule has 1 unspecified atom stereocenters. The van der Waals surface area contributed by atoms with Gasteiger partial charge in [0.15, 0.2) is 0 Å². The lowest BCUT2D eigenvalue weighted by molar-refractivity contribution is -0.136. The van der Waals surface area contributed by atoms with Crippen LogP contribution >= 0.6 is 0 Å². The second-order valence-corrected chi connectivity index (χ2v) is 6.77. The Hall–Kier alpha value is -2.21. The largest absolute Gasteiger partial charge is 0.481 e. The first kappa shape index (κ1) is 17.6. The number of nitrogens with zero attached hydrogens (tertiary/aromatic N) is 4. The van der Waals surface area contributed by atoms with Gasteiger partial charge in [-0.2, -0.15) is 5.10 Å². The van der Waals surface area contributed by atoms with E-state index in [1.807, 2.05) is 23.9 Å². The van der Waals surface area contributed by atoms with E-state index in [-0.39, 0.29) is 6.42 Å². The maximum atomic E-state index is 10.8. The van der Waals surface area contributed by atoms with Crippen LogP contribution in [-0.2, 0) is 24.3 Å². The van der Waals surface area contributed by atoms with E-state index in [1.54, 1.807) is 0 Å². The fraction of sp³-hybridized carbons (Fsp3) is 0.526. The van der Waals surface area contributed by atoms with Crippen molar-refractivity contribution in [3.8, 4) is 0 Å². The molecule has 6 nitrogen and oxygen atoms in total. The summed E-state index contributed by atoms with van der Waals surface area (Å²) in [5, 5.41) is 13.3. The maximum absolute atomic E-state index is 10.8. The molecule has 3 rings (SSSR count). The number of carboxylic acids is 1. The molecule has 0 bridgehead atoms. The van der Waals surface area contributed by atoms with Crippen LogP contribution in [0.5, 0.6) is 0 Å². The number of hydrogen-bond donors (Lipinski definition) is 1. The molecule has 0 aliphatic carbocycles. The van der Waals surface area contributed by atoms with Crippen molar-refractivity contribution in [2.24, 2.45) is 0 Å². The fourth-order valence-corrected chi connectivity index (χ4v) is 3.58. The third-order valence-corrected chi connectivity index (χ3v) is 4.76. The average Bonchev–Trinajstić information content (AvgIpc) is 3.22. The summed E-state index contributed by atoms with van der Waals surface area (Å²) in [5.74, 6) is -0.758. The van der Waals surface area contributed by atoms with Gasteiger partial charge >= 0.3 is 5.97 Å². The van der Waals surface area contributed by atoms with E-state index in [1.165, 1.54) is 5.56 Å². The number of pyridine rings is 1. The van der Waals surface area contributed by atoms with Crippen LogP contribution in [0.4, 0.5) is 0 Å². The topological polar surface area (TPSA) is 71.2 Å². The molecule has 1 fully saturated rings. The lowest BCUT2D eigenvalue weighted by atomic mass is 10.0. The summed E-state index contributed by atoms with van der Waals surface area (Å²) in [7, 11) is 0. The zero-order valence-electron chi connectivity index (χ0n) is 15.0. The van der Waals surface area contributed by atoms with Crippen molar-refractivity contribution in [1.82, 2.24) is 19.7 Å². The molecule has 2 aromatic rings. The fourth-order valence-electron chi connectivity index (χ4n) is 3.58. The highest BCUT2D eigenvalue weighted by atomic mass is 16.4. The smallest absolute Gasteiger partial charge is 0.303 e. The Labute approximate surface area is 148 Å². The van der Waals surface area contributed by atoms with Gasteiger partial charge < -0.3 is 5.11 Å². The first-order valence-electron chi connectivity index (χ1n) is 8.99. The van der Waals surface area contributed by atoms with Crippen molar-refractivity contribution in [3.05, 3.63) is 47.0 Å². The standard InChI is InChI=1S/C19H26N4O2/c1-3-23-13-16(11-20-23)12-22-8-4-5-18(22)17-10-15(6-7-19(24)25)9-14(2)21-17/h9-11,13,18H,3-8,12H2,1-2H3,(H,24,25). The van der Waals surface area contributed by atoms with Crippen LogP contribution in [0.1, 0.15) is 54.7 Å². The van der Waals surface area contributed by atoms with Gasteiger partial charge in [0, 0.05) is 37.0 Å². The van der Waals surface area contributed by atoms with Crippen molar-refractivity contribution in [3.63, 3.8) is 0 Å². The Morgan fingerprint density at radius 2 is 2.20 bits per heavy atom. The van der Waals surface area contributed by atoms with Gasteiger partial charge in [-0.25, -0.2) is 0 Å². The van der Waals surface area contributed by atoms with Crippen molar-refractivity contribution >= 4 is 5.97 Å². The van der Waals surface area contributed by atoms with Gasteiger partial charge in [0.1, 0.15) is 0 Å². The Morgan fingerprint density at radius 1 is 1.36 bits per heavy atom. The van der Waals surface area contributed by atoms with Crippen molar-refractivity contribution in [2.45, 2.75) is 58.7 Å². The lowest BCUT2D eigenvalue weighted by Gasteiger charge is -2.24. The van der Waals surface area contributed by atoms with Gasteiger partial charge in [-0.3, -0.25) is 19.4 Å². The van der Waals surface area contributed by atoms with Crippen LogP contribution in [0.2, 0.25) is 0 Å². The summed E-state index contributed by atoms with van der Waals surface area (Å²) in [5.41, 5.74) is 4.33. The number of aryl methyl sites for hydroxylation is 3. The van der Waals surface area contributed by atoms with E-state index in [2.05, 4.69) is 29.2 Å². The van der Waals surface area contributed by atoms with Crippen LogP contribution in [0.15, 0.2) is 24.5 Å². The zero-order valence-corrected chi connectivity index (χ0v) is 15.0. The van der Waals surface area contributed by atoms with Crippen LogP contribution in [0.25, 0.3) is 0 Å². The molecule has 1 atom stereocenters. The molecular weight excluding hydrogens is 316 g/mol. The minimum absolute atomic E-state index is 0.160. The molecule has 0 aromatic carbocycles. The van der Waals surface area contributed by atoms with Gasteiger partial charge in [0.2, 0.25) is 0 Å². The van der Waals surface area contributed by atoms with E-state index >= 15 is 0 Å². The number of aliphatic carboxylic acids is 1. The molecule has 0 radical (unpaired) electrons. The predicted octanol–water partition coefficient (Wildman–Crippen LogP) is 2.96. The summed E-state index contributed by atoms with van der Waals surface area (Å²) in [6.45, 7) is 6.89. The first-order chi connectivity index (χ1) is 12.0. The first-order valence-corrected chi connectivity index (χ1v) is 8.99. The molecule has 25 heavy (non-hydrogen) atoms. The highest BCUT2D eigenvalue weighted by Crippen LogP contribution is 2.32. The Balaban J connectivity index is 1.75. The van der Waals surface area contributed by atoms with Crippen LogP contribution in [0.3, 0.4) is 0 Å². The SMILES string of the molecule is CCn1cc(CN2CCCC2c2cc(CCC(=O)O)cc(C)n2)cn1. The lowest BCUT2D eigenvalue weighted by Crippen LogP contribution is -2.23. The summed E-state index contributed by atoms with van der Waals surface area (Å²) < 4.78 is 1.95. The molecule has 134 valence electrons. The predicted molar refractivity (Wildman–Crippen MR) is 95.2 cm³/mol. The third kappa shape index (κ3) is 4.45. The number of rotatable bonds is 7. The molecular formula is C19H26N4O2. The normalized spacial score (nSPS) is 17.9. The number of carbonyl (C=O) groups is 1. The highest BCUT2D eigenvalue weighted by molar-refractivity contribution is 5.67. The maximum Gasteiger partial charge on any atom is 0.303 e. The summed E-state index contributed by atoms with van der Waals surface area (Å²) in [6, 6.07) is 4.39. The summed E-state index contributed by atoms with van der Waals surface area (Å²) >= 11 is 0. The number of likely N-dealkylation sites (tertiary alicyclic amines) is 1. The Bertz CT molecular complexity index is 741. The third-order valence-electron chi connectivity index (χ3n) is 4.76. The molecule has 6 heteroatoms. The van der Waals surface area contributed by atoms with Crippen molar-refractivity contribution in [2.75, 3.05) is 6.54 Å². The van der Waals surface area contributed by atoms with Crippen molar-refractivity contribution < 1.29 is 9.90 Å². The van der Waals surface area contributed by atoms with Gasteiger partial charge in [0.25, 0.3) is 0 Å². The number of aromatic nitrogens is 3. The molecule has 1 aliphatic rings. The van der Waals surface area contributed by atoms with E-state index < -0.39 is 5.97 Å². The molecule has 1 N–H and O–H groups in total. The monoisotopic (exact) mass is 342 g/mol. The van der Waals surface area contributed by atoms with E-state index in [4.69, 9.17) is 10.1 Å². The van der Waals surface area contributed by atoms with Gasteiger partial charge in [-0.15, -0.1) is 0 Å². The van der Waals surface area contributed by atoms with E-state index in [0.29, 0.717) is 12.5 Å². The van der Waals surface area contributed by atoms with Crippen LogP contribution < -0.4 is 0 Å². The quantitative estimate of drug-likeness (QED) is 0.837. The van der Waals surface area contributed by atoms with Gasteiger partial charge in [0.05, 0.1) is 17.9 Å². The summed E-state index contributed by atoms with van der Waals surface area (Å²) in [6.07, 6.45) is 7.02. The van der Waals surface area contributed by atoms with Crippen LogP contribution in [-0.4, -0.2) is 37.3 Å². The minimum Gasteiger partial charge on any atom is -0.481 e. The zero-order chi connectivity index (χ0) is 17.8. The second kappa shape index (κ2) is 7.78. The summed E-state index contributed by atoms with van der Waals surface area (Å²) in [4.78, 5) is 18.1. The average molecular weight is 342 g/mol. The molecule has 0 amide bonds. The highest BCUT2D eigenvalue weighted by Gasteiger charge is 2.27. The number of carboxylic acid groups (broad SMARTS) is 1. The molecule has 0 spiro atoms. The van der Waals surface area contributed by atoms with E-state index in [0.717, 1.165) is 49.4 Å². The molecule has 2 aromatic heterocycles. The minimum atomic E-state index is -0.758. The van der Waals surface area contributed by atoms with Gasteiger partial charge in [-0.05, 0) is 57.4 Å². The van der Waals surface area contributed by atoms with Gasteiger partial charge in [-0.1, -0.05) is 0 Å². The molecule has 1 aliphatic heterocycles. The Kier molecular flexibility index (Phi) is 5.48. The van der Waals surface area contributed by atoms with Crippen molar-refractivity contribution in [1.29, 1.82) is 0 Å². The molecule has 0 saturated carbocycles. The second-order valence-electron chi connectivity index (χ2n) is 6.77. The van der Waals surface area contributed by atoms with Crippen LogP contribution in [0, 0.1) is 6.92 Å². The number of hydrogen-bond acceptors (Lipinski definition) is 4. The van der Waals surface area contributed by atoms with E-state index in [9.17, 15) is 4.79 Å².